The predicted molar refractivity (Wildman–Crippen MR) is 103 cm³/mol. The van der Waals surface area contributed by atoms with E-state index in [1.165, 1.54) is 33.4 Å². The van der Waals surface area contributed by atoms with Gasteiger partial charge in [0.25, 0.3) is 0 Å². The lowest BCUT2D eigenvalue weighted by Crippen LogP contribution is -2.18. The number of fused-ring (bicyclic) bond motifs is 1. The van der Waals surface area contributed by atoms with Crippen molar-refractivity contribution >= 4 is 6.08 Å². The van der Waals surface area contributed by atoms with Gasteiger partial charge in [-0.25, -0.2) is 0 Å². The smallest absolute Gasteiger partial charge is 0.0724 e. The number of rotatable bonds is 4. The summed E-state index contributed by atoms with van der Waals surface area (Å²) in [6.07, 6.45) is 3.45. The third-order valence-corrected chi connectivity index (χ3v) is 4.61. The molecule has 2 aromatic rings. The Labute approximate surface area is 146 Å². The average molecular weight is 320 g/mol. The highest BCUT2D eigenvalue weighted by molar-refractivity contribution is 5.77. The Morgan fingerprint density at radius 3 is 2.33 bits per heavy atom. The van der Waals surface area contributed by atoms with Crippen LogP contribution in [0.25, 0.3) is 17.2 Å². The Balaban J connectivity index is 1.81. The van der Waals surface area contributed by atoms with Crippen molar-refractivity contribution in [2.75, 3.05) is 0 Å². The van der Waals surface area contributed by atoms with E-state index in [2.05, 4.69) is 83.2 Å². The molecule has 0 atom stereocenters. The van der Waals surface area contributed by atoms with Gasteiger partial charge in [0.15, 0.2) is 0 Å². The van der Waals surface area contributed by atoms with Crippen molar-refractivity contribution in [3.63, 3.8) is 0 Å². The first-order valence-electron chi connectivity index (χ1n) is 8.89. The molecule has 0 amide bonds. The Morgan fingerprint density at radius 2 is 1.71 bits per heavy atom. The minimum atomic E-state index is -0.0994. The van der Waals surface area contributed by atoms with Gasteiger partial charge in [-0.1, -0.05) is 68.0 Å². The van der Waals surface area contributed by atoms with Gasteiger partial charge in [0.05, 0.1) is 12.2 Å². The van der Waals surface area contributed by atoms with E-state index in [9.17, 15) is 0 Å². The molecule has 0 heterocycles. The van der Waals surface area contributed by atoms with Gasteiger partial charge in [-0.05, 0) is 60.9 Å². The molecular formula is C23H28O. The molecule has 0 saturated heterocycles. The highest BCUT2D eigenvalue weighted by Gasteiger charge is 2.18. The first kappa shape index (κ1) is 17.0. The van der Waals surface area contributed by atoms with Crippen LogP contribution in [0.2, 0.25) is 0 Å². The maximum Gasteiger partial charge on any atom is 0.0724 e. The maximum atomic E-state index is 5.87. The summed E-state index contributed by atoms with van der Waals surface area (Å²) in [6, 6.07) is 15.5. The van der Waals surface area contributed by atoms with Crippen LogP contribution in [0.1, 0.15) is 51.3 Å². The predicted octanol–water partition coefficient (Wildman–Crippen LogP) is 6.26. The lowest BCUT2D eigenvalue weighted by molar-refractivity contribution is -0.0149. The Bertz CT molecular complexity index is 743. The van der Waals surface area contributed by atoms with Gasteiger partial charge in [-0.15, -0.1) is 0 Å². The fourth-order valence-electron chi connectivity index (χ4n) is 3.11. The molecule has 3 rings (SSSR count). The summed E-state index contributed by atoms with van der Waals surface area (Å²) in [4.78, 5) is 0. The fraction of sp³-hybridized carbons (Fsp3) is 0.391. The van der Waals surface area contributed by atoms with Crippen LogP contribution < -0.4 is 0 Å². The quantitative estimate of drug-likeness (QED) is 0.645. The van der Waals surface area contributed by atoms with Crippen molar-refractivity contribution in [2.24, 2.45) is 5.92 Å². The topological polar surface area (TPSA) is 9.23 Å². The zero-order valence-corrected chi connectivity index (χ0v) is 15.5. The van der Waals surface area contributed by atoms with Gasteiger partial charge in [-0.2, -0.15) is 0 Å². The molecule has 0 unspecified atom stereocenters. The highest BCUT2D eigenvalue weighted by atomic mass is 16.5. The van der Waals surface area contributed by atoms with E-state index in [1.54, 1.807) is 0 Å². The normalized spacial score (nSPS) is 14.0. The van der Waals surface area contributed by atoms with Crippen molar-refractivity contribution in [2.45, 2.75) is 53.2 Å². The minimum absolute atomic E-state index is 0.0994. The Hall–Kier alpha value is -1.86. The average Bonchev–Trinajstić information content (AvgIpc) is 2.97. The molecule has 0 fully saturated rings. The SMILES string of the molecule is CC(C)C1=Cc2cccc(-c3ccc(COC(C)(C)C)cc3)c2C1. The second-order valence-electron chi connectivity index (χ2n) is 8.02. The standard InChI is InChI=1S/C23H28O/c1-16(2)20-13-19-7-6-8-21(22(19)14-20)18-11-9-17(10-12-18)15-24-23(3,4)5/h6-13,16H,14-15H2,1-5H3. The number of ether oxygens (including phenoxy) is 1. The summed E-state index contributed by atoms with van der Waals surface area (Å²) < 4.78 is 5.87. The van der Waals surface area contributed by atoms with Crippen LogP contribution in [-0.2, 0) is 17.8 Å². The van der Waals surface area contributed by atoms with E-state index in [4.69, 9.17) is 4.74 Å². The van der Waals surface area contributed by atoms with Gasteiger partial charge >= 0.3 is 0 Å². The third-order valence-electron chi connectivity index (χ3n) is 4.61. The third kappa shape index (κ3) is 3.79. The van der Waals surface area contributed by atoms with Crippen molar-refractivity contribution in [1.29, 1.82) is 0 Å². The molecule has 1 heteroatoms. The van der Waals surface area contributed by atoms with E-state index in [-0.39, 0.29) is 5.60 Å². The van der Waals surface area contributed by atoms with Crippen LogP contribution in [0.3, 0.4) is 0 Å². The van der Waals surface area contributed by atoms with Gasteiger partial charge in [-0.3, -0.25) is 0 Å². The lowest BCUT2D eigenvalue weighted by atomic mass is 9.94. The highest BCUT2D eigenvalue weighted by Crippen LogP contribution is 2.36. The molecule has 1 aliphatic rings. The van der Waals surface area contributed by atoms with Crippen LogP contribution in [0.15, 0.2) is 48.0 Å². The van der Waals surface area contributed by atoms with Gasteiger partial charge < -0.3 is 4.74 Å². The van der Waals surface area contributed by atoms with E-state index in [0.717, 1.165) is 6.42 Å². The van der Waals surface area contributed by atoms with Crippen molar-refractivity contribution < 1.29 is 4.74 Å². The number of allylic oxidation sites excluding steroid dienone is 1. The molecule has 0 aromatic heterocycles. The van der Waals surface area contributed by atoms with Gasteiger partial charge in [0.1, 0.15) is 0 Å². The van der Waals surface area contributed by atoms with E-state index >= 15 is 0 Å². The van der Waals surface area contributed by atoms with E-state index in [1.807, 2.05) is 0 Å². The molecule has 1 nitrogen and oxygen atoms in total. The summed E-state index contributed by atoms with van der Waals surface area (Å²) in [6.45, 7) is 11.5. The van der Waals surface area contributed by atoms with Crippen LogP contribution in [-0.4, -0.2) is 5.60 Å². The Morgan fingerprint density at radius 1 is 1.00 bits per heavy atom. The Kier molecular flexibility index (Phi) is 4.64. The van der Waals surface area contributed by atoms with Crippen molar-refractivity contribution in [3.05, 3.63) is 64.7 Å². The number of hydrogen-bond donors (Lipinski definition) is 0. The van der Waals surface area contributed by atoms with Crippen LogP contribution in [0.5, 0.6) is 0 Å². The molecule has 126 valence electrons. The van der Waals surface area contributed by atoms with Crippen molar-refractivity contribution in [3.8, 4) is 11.1 Å². The fourth-order valence-corrected chi connectivity index (χ4v) is 3.11. The van der Waals surface area contributed by atoms with Crippen LogP contribution in [0, 0.1) is 5.92 Å². The molecule has 0 saturated carbocycles. The van der Waals surface area contributed by atoms with Crippen LogP contribution in [0.4, 0.5) is 0 Å². The first-order chi connectivity index (χ1) is 11.3. The van der Waals surface area contributed by atoms with E-state index in [0.29, 0.717) is 12.5 Å². The van der Waals surface area contributed by atoms with Crippen LogP contribution >= 0.6 is 0 Å². The summed E-state index contributed by atoms with van der Waals surface area (Å²) in [7, 11) is 0. The molecule has 2 aromatic carbocycles. The largest absolute Gasteiger partial charge is 0.371 e. The molecule has 0 N–H and O–H groups in total. The van der Waals surface area contributed by atoms with Gasteiger partial charge in [0, 0.05) is 0 Å². The number of benzene rings is 2. The zero-order chi connectivity index (χ0) is 17.3. The monoisotopic (exact) mass is 320 g/mol. The molecule has 0 aliphatic heterocycles. The van der Waals surface area contributed by atoms with Crippen molar-refractivity contribution in [1.82, 2.24) is 0 Å². The molecular weight excluding hydrogens is 292 g/mol. The minimum Gasteiger partial charge on any atom is -0.371 e. The molecule has 0 spiro atoms. The summed E-state index contributed by atoms with van der Waals surface area (Å²) in [5.74, 6) is 0.613. The zero-order valence-electron chi connectivity index (χ0n) is 15.5. The second kappa shape index (κ2) is 6.57. The maximum absolute atomic E-state index is 5.87. The molecule has 24 heavy (non-hydrogen) atoms. The van der Waals surface area contributed by atoms with Gasteiger partial charge in [0.2, 0.25) is 0 Å². The first-order valence-corrected chi connectivity index (χ1v) is 8.89. The summed E-state index contributed by atoms with van der Waals surface area (Å²) in [5, 5.41) is 0. The summed E-state index contributed by atoms with van der Waals surface area (Å²) >= 11 is 0. The second-order valence-corrected chi connectivity index (χ2v) is 8.02. The summed E-state index contributed by atoms with van der Waals surface area (Å²) in [5.41, 5.74) is 8.18. The number of hydrogen-bond acceptors (Lipinski definition) is 1. The molecule has 0 bridgehead atoms. The lowest BCUT2D eigenvalue weighted by Gasteiger charge is -2.19. The molecule has 1 aliphatic carbocycles. The van der Waals surface area contributed by atoms with E-state index < -0.39 is 0 Å². The molecule has 0 radical (unpaired) electrons.